The maximum absolute atomic E-state index is 11.7. The van der Waals surface area contributed by atoms with Crippen LogP contribution in [-0.2, 0) is 9.53 Å². The van der Waals surface area contributed by atoms with Gasteiger partial charge in [-0.05, 0) is 25.9 Å². The first kappa shape index (κ1) is 18.0. The minimum Gasteiger partial charge on any atom is -0.388 e. The Balaban J connectivity index is 2.15. The van der Waals surface area contributed by atoms with Gasteiger partial charge in [-0.2, -0.15) is 0 Å². The lowest BCUT2D eigenvalue weighted by Crippen LogP contribution is -2.47. The highest BCUT2D eigenvalue weighted by molar-refractivity contribution is 7.72. The molecule has 1 saturated heterocycles. The molecule has 4 atom stereocenters. The third-order valence-electron chi connectivity index (χ3n) is 3.96. The largest absolute Gasteiger partial charge is 0.388 e. The molecule has 1 amide bonds. The standard InChI is InChI=1S/C16H25N2O4P/c1-6-11-9-18(10(2)17-15(11)21)16-14(20)13(19)12(22-16)7-8-23(3,4)5/h6,9,12-14,16,19-20H,1-3,7-8H2,4-5H3,(H,17,21)/t12?,13-,14-,16-/m1/s1. The summed E-state index contributed by atoms with van der Waals surface area (Å²) < 4.78 is 5.84. The summed E-state index contributed by atoms with van der Waals surface area (Å²) in [5.74, 6) is -0.0167. The first-order valence-electron chi connectivity index (χ1n) is 7.46. The molecule has 2 heterocycles. The molecule has 0 saturated carbocycles. The average Bonchev–Trinajstić information content (AvgIpc) is 2.73. The van der Waals surface area contributed by atoms with Crippen molar-refractivity contribution < 1.29 is 19.7 Å². The Morgan fingerprint density at radius 2 is 2.09 bits per heavy atom. The molecule has 0 spiro atoms. The van der Waals surface area contributed by atoms with E-state index in [1.165, 1.54) is 17.2 Å². The highest BCUT2D eigenvalue weighted by Crippen LogP contribution is 2.38. The molecule has 1 fully saturated rings. The van der Waals surface area contributed by atoms with Crippen LogP contribution in [0.15, 0.2) is 36.8 Å². The van der Waals surface area contributed by atoms with Crippen LogP contribution in [0.4, 0.5) is 0 Å². The Morgan fingerprint density at radius 1 is 1.43 bits per heavy atom. The lowest BCUT2D eigenvalue weighted by Gasteiger charge is -2.34. The van der Waals surface area contributed by atoms with Crippen molar-refractivity contribution in [1.29, 1.82) is 0 Å². The molecule has 0 bridgehead atoms. The van der Waals surface area contributed by atoms with Gasteiger partial charge in [0.1, 0.15) is 18.0 Å². The second-order valence-electron chi connectivity index (χ2n) is 6.59. The SMILES string of the molecule is C=CC1=CN([C@@H]2OC(CCP(=C)(C)C)[C@@H](O)[C@H]2O)C(=C)NC1=O. The average molecular weight is 340 g/mol. The monoisotopic (exact) mass is 340 g/mol. The predicted molar refractivity (Wildman–Crippen MR) is 93.4 cm³/mol. The maximum atomic E-state index is 11.7. The van der Waals surface area contributed by atoms with Crippen LogP contribution in [-0.4, -0.2) is 71.4 Å². The highest BCUT2D eigenvalue weighted by Gasteiger charge is 2.46. The Kier molecular flexibility index (Phi) is 5.21. The highest BCUT2D eigenvalue weighted by atomic mass is 31.2. The van der Waals surface area contributed by atoms with Crippen molar-refractivity contribution in [3.8, 4) is 0 Å². The number of carbonyl (C=O) groups is 1. The van der Waals surface area contributed by atoms with Crippen LogP contribution in [0.3, 0.4) is 0 Å². The number of carbonyl (C=O) groups excluding carboxylic acids is 1. The summed E-state index contributed by atoms with van der Waals surface area (Å²) in [5.41, 5.74) is 0.343. The van der Waals surface area contributed by atoms with E-state index in [2.05, 4.69) is 38.1 Å². The molecule has 6 nitrogen and oxygen atoms in total. The van der Waals surface area contributed by atoms with Crippen LogP contribution in [0.25, 0.3) is 0 Å². The number of hydrogen-bond acceptors (Lipinski definition) is 5. The Morgan fingerprint density at radius 3 is 2.65 bits per heavy atom. The molecule has 0 aromatic carbocycles. The van der Waals surface area contributed by atoms with Crippen LogP contribution in [0, 0.1) is 0 Å². The Labute approximate surface area is 137 Å². The van der Waals surface area contributed by atoms with E-state index in [-0.39, 0.29) is 5.91 Å². The molecule has 0 aromatic heterocycles. The van der Waals surface area contributed by atoms with Gasteiger partial charge >= 0.3 is 0 Å². The number of aliphatic hydroxyl groups excluding tert-OH is 2. The molecule has 128 valence electrons. The van der Waals surface area contributed by atoms with Gasteiger partial charge in [0.2, 0.25) is 0 Å². The van der Waals surface area contributed by atoms with Gasteiger partial charge in [-0.15, -0.1) is 13.2 Å². The van der Waals surface area contributed by atoms with Crippen LogP contribution in [0.2, 0.25) is 0 Å². The number of ether oxygens (including phenoxy) is 1. The van der Waals surface area contributed by atoms with E-state index >= 15 is 0 Å². The molecule has 0 radical (unpaired) electrons. The molecular formula is C16H25N2O4P. The molecule has 3 N–H and O–H groups in total. The minimum absolute atomic E-state index is 0.294. The summed E-state index contributed by atoms with van der Waals surface area (Å²) in [6, 6.07) is 0. The van der Waals surface area contributed by atoms with E-state index in [0.717, 1.165) is 6.16 Å². The van der Waals surface area contributed by atoms with Gasteiger partial charge in [-0.3, -0.25) is 4.79 Å². The van der Waals surface area contributed by atoms with Crippen molar-refractivity contribution >= 4 is 19.1 Å². The Hall–Kier alpha value is -1.33. The van der Waals surface area contributed by atoms with Crippen LogP contribution >= 0.6 is 6.89 Å². The fourth-order valence-corrected chi connectivity index (χ4v) is 3.55. The summed E-state index contributed by atoms with van der Waals surface area (Å²) in [7, 11) is 0. The van der Waals surface area contributed by atoms with Crippen molar-refractivity contribution in [2.24, 2.45) is 0 Å². The number of aliphatic hydroxyl groups is 2. The minimum atomic E-state index is -1.24. The van der Waals surface area contributed by atoms with Gasteiger partial charge in [0.15, 0.2) is 6.23 Å². The second kappa shape index (κ2) is 6.65. The number of nitrogens with zero attached hydrogens (tertiary/aromatic N) is 1. The van der Waals surface area contributed by atoms with Crippen molar-refractivity contribution in [2.45, 2.75) is 31.0 Å². The molecule has 2 aliphatic rings. The Bertz CT molecular complexity index is 595. The van der Waals surface area contributed by atoms with Gasteiger partial charge < -0.3 is 25.2 Å². The van der Waals surface area contributed by atoms with E-state index in [1.807, 2.05) is 0 Å². The third kappa shape index (κ3) is 3.96. The molecule has 2 rings (SSSR count). The van der Waals surface area contributed by atoms with Gasteiger partial charge in [0.05, 0.1) is 11.7 Å². The molecule has 7 heteroatoms. The molecule has 1 unspecified atom stereocenters. The lowest BCUT2D eigenvalue weighted by atomic mass is 10.1. The fraction of sp³-hybridized carbons (Fsp3) is 0.500. The smallest absolute Gasteiger partial charge is 0.258 e. The van der Waals surface area contributed by atoms with E-state index in [4.69, 9.17) is 4.74 Å². The fourth-order valence-electron chi connectivity index (χ4n) is 2.60. The number of hydrogen-bond donors (Lipinski definition) is 3. The molecular weight excluding hydrogens is 315 g/mol. The normalized spacial score (nSPS) is 31.8. The molecule has 2 aliphatic heterocycles. The lowest BCUT2D eigenvalue weighted by molar-refractivity contribution is -0.119. The summed E-state index contributed by atoms with van der Waals surface area (Å²) in [5, 5.41) is 23.2. The molecule has 0 aromatic rings. The molecule has 23 heavy (non-hydrogen) atoms. The zero-order chi connectivity index (χ0) is 17.4. The van der Waals surface area contributed by atoms with E-state index in [0.29, 0.717) is 17.8 Å². The van der Waals surface area contributed by atoms with Gasteiger partial charge in [-0.25, -0.2) is 0 Å². The zero-order valence-electron chi connectivity index (χ0n) is 13.6. The number of amides is 1. The van der Waals surface area contributed by atoms with Crippen LogP contribution in [0.1, 0.15) is 6.42 Å². The quantitative estimate of drug-likeness (QED) is 0.635. The van der Waals surface area contributed by atoms with Gasteiger partial charge in [-0.1, -0.05) is 19.2 Å². The first-order chi connectivity index (χ1) is 10.6. The topological polar surface area (TPSA) is 82.0 Å². The van der Waals surface area contributed by atoms with Crippen molar-refractivity contribution in [2.75, 3.05) is 19.5 Å². The van der Waals surface area contributed by atoms with Gasteiger partial charge in [0, 0.05) is 6.20 Å². The van der Waals surface area contributed by atoms with Gasteiger partial charge in [0.25, 0.3) is 5.91 Å². The van der Waals surface area contributed by atoms with Crippen LogP contribution in [0.5, 0.6) is 0 Å². The third-order valence-corrected chi connectivity index (χ3v) is 5.43. The predicted octanol–water partition coefficient (Wildman–Crippen LogP) is 0.505. The first-order valence-corrected chi connectivity index (χ1v) is 10.5. The number of rotatable bonds is 5. The second-order valence-corrected chi connectivity index (χ2v) is 10.9. The molecule has 0 aliphatic carbocycles. The zero-order valence-corrected chi connectivity index (χ0v) is 14.5. The van der Waals surface area contributed by atoms with Crippen molar-refractivity contribution in [1.82, 2.24) is 10.2 Å². The summed E-state index contributed by atoms with van der Waals surface area (Å²) in [4.78, 5) is 13.2. The summed E-state index contributed by atoms with van der Waals surface area (Å²) in [6.45, 7) is 10.3. The van der Waals surface area contributed by atoms with E-state index in [1.54, 1.807) is 0 Å². The summed E-state index contributed by atoms with van der Waals surface area (Å²) in [6.07, 6.45) is 5.22. The van der Waals surface area contributed by atoms with E-state index in [9.17, 15) is 15.0 Å². The maximum Gasteiger partial charge on any atom is 0.258 e. The van der Waals surface area contributed by atoms with Crippen molar-refractivity contribution in [3.63, 3.8) is 0 Å². The summed E-state index contributed by atoms with van der Waals surface area (Å²) >= 11 is 0. The van der Waals surface area contributed by atoms with E-state index < -0.39 is 31.4 Å². The number of nitrogens with one attached hydrogen (secondary N) is 1. The van der Waals surface area contributed by atoms with Crippen molar-refractivity contribution in [3.05, 3.63) is 36.8 Å². The van der Waals surface area contributed by atoms with Crippen LogP contribution < -0.4 is 5.32 Å².